The lowest BCUT2D eigenvalue weighted by atomic mass is 9.84. The average Bonchev–Trinajstić information content (AvgIpc) is 2.78. The van der Waals surface area contributed by atoms with E-state index in [0.29, 0.717) is 31.9 Å². The number of nitrogens with one attached hydrogen (secondary N) is 2. The van der Waals surface area contributed by atoms with Crippen molar-refractivity contribution in [3.8, 4) is 11.5 Å². The number of amides is 1. The van der Waals surface area contributed by atoms with Crippen LogP contribution in [0.25, 0.3) is 0 Å². The van der Waals surface area contributed by atoms with Crippen molar-refractivity contribution >= 4 is 35.8 Å². The summed E-state index contributed by atoms with van der Waals surface area (Å²) in [6.45, 7) is 6.84. The lowest BCUT2D eigenvalue weighted by molar-refractivity contribution is 0.0827. The molecule has 0 radical (unpaired) electrons. The van der Waals surface area contributed by atoms with Gasteiger partial charge in [-0.1, -0.05) is 32.0 Å². The van der Waals surface area contributed by atoms with Crippen LogP contribution < -0.4 is 20.1 Å². The minimum atomic E-state index is -0.137. The van der Waals surface area contributed by atoms with Crippen LogP contribution in [0.1, 0.15) is 35.3 Å². The fourth-order valence-corrected chi connectivity index (χ4v) is 3.30. The molecule has 174 valence electrons. The topological polar surface area (TPSA) is 75.2 Å². The van der Waals surface area contributed by atoms with E-state index in [0.717, 1.165) is 23.0 Å². The number of rotatable bonds is 6. The van der Waals surface area contributed by atoms with E-state index in [2.05, 4.69) is 41.6 Å². The summed E-state index contributed by atoms with van der Waals surface area (Å²) < 4.78 is 11.3. The second-order valence-corrected chi connectivity index (χ2v) is 8.42. The van der Waals surface area contributed by atoms with Crippen molar-refractivity contribution in [3.63, 3.8) is 0 Å². The second-order valence-electron chi connectivity index (χ2n) is 8.42. The van der Waals surface area contributed by atoms with E-state index in [1.807, 2.05) is 30.3 Å². The van der Waals surface area contributed by atoms with Crippen molar-refractivity contribution < 1.29 is 14.3 Å². The minimum Gasteiger partial charge on any atom is -0.486 e. The van der Waals surface area contributed by atoms with E-state index < -0.39 is 0 Å². The van der Waals surface area contributed by atoms with Crippen LogP contribution in [0.2, 0.25) is 0 Å². The fourth-order valence-electron chi connectivity index (χ4n) is 3.30. The predicted molar refractivity (Wildman–Crippen MR) is 139 cm³/mol. The molecule has 0 bridgehead atoms. The van der Waals surface area contributed by atoms with Crippen molar-refractivity contribution in [1.29, 1.82) is 0 Å². The monoisotopic (exact) mass is 552 g/mol. The van der Waals surface area contributed by atoms with Gasteiger partial charge in [-0.3, -0.25) is 9.79 Å². The molecule has 7 nitrogen and oxygen atoms in total. The van der Waals surface area contributed by atoms with E-state index in [1.54, 1.807) is 26.0 Å². The number of carbonyl (C=O) groups excluding carboxylic acids is 1. The summed E-state index contributed by atoms with van der Waals surface area (Å²) in [6.07, 6.45) is 0. The number of guanidine groups is 1. The number of hydrogen-bond donors (Lipinski definition) is 2. The summed E-state index contributed by atoms with van der Waals surface area (Å²) in [7, 11) is 5.26. The Morgan fingerprint density at radius 2 is 1.69 bits per heavy atom. The minimum absolute atomic E-state index is 0. The normalized spacial score (nSPS) is 13.1. The third-order valence-electron chi connectivity index (χ3n) is 5.31. The summed E-state index contributed by atoms with van der Waals surface area (Å²) in [5.74, 6) is 2.32. The average molecular weight is 552 g/mol. The zero-order valence-corrected chi connectivity index (χ0v) is 21.7. The van der Waals surface area contributed by atoms with Crippen molar-refractivity contribution in [2.45, 2.75) is 25.8 Å². The van der Waals surface area contributed by atoms with Crippen molar-refractivity contribution in [2.24, 2.45) is 4.99 Å². The molecule has 0 saturated carbocycles. The van der Waals surface area contributed by atoms with E-state index in [1.165, 1.54) is 5.56 Å². The third-order valence-corrected chi connectivity index (χ3v) is 5.31. The zero-order chi connectivity index (χ0) is 22.4. The van der Waals surface area contributed by atoms with Gasteiger partial charge in [0.1, 0.15) is 13.2 Å². The Morgan fingerprint density at radius 1 is 1.03 bits per heavy atom. The molecular weight excluding hydrogens is 519 g/mol. The van der Waals surface area contributed by atoms with Crippen LogP contribution in [0.15, 0.2) is 47.5 Å². The largest absolute Gasteiger partial charge is 0.486 e. The quantitative estimate of drug-likeness (QED) is 0.327. The molecule has 8 heteroatoms. The number of benzene rings is 2. The van der Waals surface area contributed by atoms with Crippen LogP contribution in [0.4, 0.5) is 0 Å². The van der Waals surface area contributed by atoms with Crippen molar-refractivity contribution in [3.05, 3.63) is 59.2 Å². The molecule has 2 aromatic rings. The maximum absolute atomic E-state index is 12.0. The van der Waals surface area contributed by atoms with Crippen LogP contribution in [0.3, 0.4) is 0 Å². The predicted octanol–water partition coefficient (Wildman–Crippen LogP) is 3.42. The van der Waals surface area contributed by atoms with Gasteiger partial charge in [-0.05, 0) is 35.4 Å². The smallest absolute Gasteiger partial charge is 0.253 e. The summed E-state index contributed by atoms with van der Waals surface area (Å²) in [6, 6.07) is 13.7. The molecular formula is C24H33IN4O3. The highest BCUT2D eigenvalue weighted by atomic mass is 127. The summed E-state index contributed by atoms with van der Waals surface area (Å²) in [5.41, 5.74) is 2.78. The molecule has 1 aliphatic heterocycles. The molecule has 1 aliphatic rings. The van der Waals surface area contributed by atoms with Gasteiger partial charge in [0, 0.05) is 45.2 Å². The molecule has 2 aromatic carbocycles. The van der Waals surface area contributed by atoms with Crippen LogP contribution in [-0.2, 0) is 12.0 Å². The number of nitrogens with zero attached hydrogens (tertiary/aromatic N) is 2. The van der Waals surface area contributed by atoms with Crippen LogP contribution in [0.5, 0.6) is 11.5 Å². The Hall–Kier alpha value is -2.49. The van der Waals surface area contributed by atoms with Gasteiger partial charge in [0.2, 0.25) is 0 Å². The van der Waals surface area contributed by atoms with E-state index in [9.17, 15) is 4.79 Å². The molecule has 3 rings (SSSR count). The van der Waals surface area contributed by atoms with Gasteiger partial charge in [0.25, 0.3) is 5.91 Å². The molecule has 0 fully saturated rings. The van der Waals surface area contributed by atoms with E-state index in [4.69, 9.17) is 9.47 Å². The highest BCUT2D eigenvalue weighted by Crippen LogP contribution is 2.34. The molecule has 32 heavy (non-hydrogen) atoms. The first-order chi connectivity index (χ1) is 14.8. The van der Waals surface area contributed by atoms with E-state index >= 15 is 0 Å². The van der Waals surface area contributed by atoms with Crippen molar-refractivity contribution in [2.75, 3.05) is 40.9 Å². The van der Waals surface area contributed by atoms with Crippen molar-refractivity contribution in [1.82, 2.24) is 15.5 Å². The van der Waals surface area contributed by atoms with E-state index in [-0.39, 0.29) is 35.3 Å². The summed E-state index contributed by atoms with van der Waals surface area (Å²) >= 11 is 0. The highest BCUT2D eigenvalue weighted by Gasteiger charge is 2.24. The second kappa shape index (κ2) is 11.4. The molecule has 0 spiro atoms. The van der Waals surface area contributed by atoms with Gasteiger partial charge in [0.05, 0.1) is 0 Å². The van der Waals surface area contributed by atoms with Gasteiger partial charge in [0.15, 0.2) is 17.5 Å². The number of fused-ring (bicyclic) bond motifs is 1. The zero-order valence-electron chi connectivity index (χ0n) is 19.4. The SMILES string of the molecule is CN=C(NCc1ccc(C(=O)N(C)C)cc1)NCC(C)(C)c1ccc2c(c1)OCCO2.I. The summed E-state index contributed by atoms with van der Waals surface area (Å²) in [5, 5.41) is 6.74. The Morgan fingerprint density at radius 3 is 2.31 bits per heavy atom. The fraction of sp³-hybridized carbons (Fsp3) is 0.417. The molecule has 1 amide bonds. The Balaban J connectivity index is 0.00000363. The molecule has 0 unspecified atom stereocenters. The Bertz CT molecular complexity index is 943. The maximum atomic E-state index is 12.0. The van der Waals surface area contributed by atoms with Gasteiger partial charge in [-0.15, -0.1) is 24.0 Å². The molecule has 2 N–H and O–H groups in total. The van der Waals surface area contributed by atoms with Gasteiger partial charge in [-0.2, -0.15) is 0 Å². The first kappa shape index (κ1) is 25.8. The first-order valence-electron chi connectivity index (χ1n) is 10.5. The lowest BCUT2D eigenvalue weighted by Gasteiger charge is -2.28. The number of ether oxygens (including phenoxy) is 2. The third kappa shape index (κ3) is 6.51. The molecule has 1 heterocycles. The number of carbonyl (C=O) groups is 1. The highest BCUT2D eigenvalue weighted by molar-refractivity contribution is 14.0. The van der Waals surface area contributed by atoms with Gasteiger partial charge < -0.3 is 25.0 Å². The van der Waals surface area contributed by atoms with Crippen LogP contribution >= 0.6 is 24.0 Å². The molecule has 0 aromatic heterocycles. The van der Waals surface area contributed by atoms with Gasteiger partial charge >= 0.3 is 0 Å². The summed E-state index contributed by atoms with van der Waals surface area (Å²) in [4.78, 5) is 17.9. The first-order valence-corrected chi connectivity index (χ1v) is 10.5. The number of hydrogen-bond acceptors (Lipinski definition) is 4. The standard InChI is InChI=1S/C24H32N4O3.HI/c1-24(2,19-10-11-20-21(14-19)31-13-12-30-20)16-27-23(25-3)26-15-17-6-8-18(9-7-17)22(29)28(4)5;/h6-11,14H,12-13,15-16H2,1-5H3,(H2,25,26,27);1H. The Labute approximate surface area is 207 Å². The molecule has 0 atom stereocenters. The van der Waals surface area contributed by atoms with Gasteiger partial charge in [-0.25, -0.2) is 0 Å². The number of aliphatic imine (C=N–C) groups is 1. The number of halogens is 1. The lowest BCUT2D eigenvalue weighted by Crippen LogP contribution is -2.43. The Kier molecular flexibility index (Phi) is 9.18. The van der Waals surface area contributed by atoms with Crippen LogP contribution in [0, 0.1) is 0 Å². The van der Waals surface area contributed by atoms with Crippen LogP contribution in [-0.4, -0.2) is 57.7 Å². The maximum Gasteiger partial charge on any atom is 0.253 e. The molecule has 0 saturated heterocycles. The molecule has 0 aliphatic carbocycles.